The van der Waals surface area contributed by atoms with Gasteiger partial charge < -0.3 is 11.1 Å². The number of fused-ring (bicyclic) bond motifs is 2. The van der Waals surface area contributed by atoms with Gasteiger partial charge in [-0.25, -0.2) is 4.39 Å². The first-order valence-corrected chi connectivity index (χ1v) is 7.99. The number of hydrogen-bond donors (Lipinski definition) is 2. The maximum absolute atomic E-state index is 14.1. The predicted octanol–water partition coefficient (Wildman–Crippen LogP) is 5.00. The van der Waals surface area contributed by atoms with Crippen molar-refractivity contribution in [3.05, 3.63) is 77.7 Å². The second kappa shape index (κ2) is 6.22. The van der Waals surface area contributed by atoms with Crippen LogP contribution in [-0.4, -0.2) is 4.98 Å². The van der Waals surface area contributed by atoms with E-state index in [1.54, 1.807) is 0 Å². The van der Waals surface area contributed by atoms with Gasteiger partial charge in [0.1, 0.15) is 5.69 Å². The Morgan fingerprint density at radius 2 is 1.42 bits per heavy atom. The minimum Gasteiger partial charge on any atom is -0.381 e. The summed E-state index contributed by atoms with van der Waals surface area (Å²) in [7, 11) is 0. The second-order valence-electron chi connectivity index (χ2n) is 5.94. The number of benzene rings is 3. The molecule has 6 heteroatoms. The molecule has 0 unspecified atom stereocenters. The summed E-state index contributed by atoms with van der Waals surface area (Å²) < 4.78 is 41.6. The fourth-order valence-electron chi connectivity index (χ4n) is 3.16. The molecule has 0 atom stereocenters. The predicted molar refractivity (Wildman–Crippen MR) is 97.3 cm³/mol. The number of nitrogen functional groups attached to an aromatic ring is 1. The van der Waals surface area contributed by atoms with Crippen LogP contribution in [0.25, 0.3) is 21.5 Å². The zero-order valence-corrected chi connectivity index (χ0v) is 13.6. The van der Waals surface area contributed by atoms with E-state index in [4.69, 9.17) is 5.73 Å². The van der Waals surface area contributed by atoms with E-state index in [2.05, 4.69) is 16.4 Å². The number of aromatic nitrogens is 1. The molecule has 26 heavy (non-hydrogen) atoms. The molecule has 0 aliphatic rings. The van der Waals surface area contributed by atoms with Gasteiger partial charge in [0.2, 0.25) is 5.82 Å². The highest BCUT2D eigenvalue weighted by Crippen LogP contribution is 2.30. The average molecular weight is 353 g/mol. The van der Waals surface area contributed by atoms with Crippen molar-refractivity contribution in [3.63, 3.8) is 0 Å². The summed E-state index contributed by atoms with van der Waals surface area (Å²) in [5.41, 5.74) is 5.54. The van der Waals surface area contributed by atoms with Gasteiger partial charge in [0, 0.05) is 6.54 Å². The van der Waals surface area contributed by atoms with E-state index in [0.29, 0.717) is 0 Å². The Bertz CT molecular complexity index is 1060. The summed E-state index contributed by atoms with van der Waals surface area (Å²) in [5.74, 6) is -4.61. The molecule has 1 aromatic heterocycles. The number of halogens is 3. The molecule has 3 N–H and O–H groups in total. The summed E-state index contributed by atoms with van der Waals surface area (Å²) in [4.78, 5) is 3.01. The van der Waals surface area contributed by atoms with Crippen molar-refractivity contribution in [3.8, 4) is 0 Å². The molecule has 1 heterocycles. The Morgan fingerprint density at radius 1 is 0.846 bits per heavy atom. The lowest BCUT2D eigenvalue weighted by Crippen LogP contribution is -2.10. The van der Waals surface area contributed by atoms with Crippen molar-refractivity contribution in [1.82, 2.24) is 4.98 Å². The Hall–Kier alpha value is -3.28. The minimum atomic E-state index is -1.44. The van der Waals surface area contributed by atoms with Gasteiger partial charge in [0.05, 0.1) is 0 Å². The molecule has 0 fully saturated rings. The monoisotopic (exact) mass is 353 g/mol. The Morgan fingerprint density at radius 3 is 2.04 bits per heavy atom. The third kappa shape index (κ3) is 2.60. The highest BCUT2D eigenvalue weighted by atomic mass is 19.2. The molecule has 3 aromatic carbocycles. The van der Waals surface area contributed by atoms with E-state index < -0.39 is 29.1 Å². The molecule has 0 saturated heterocycles. The second-order valence-corrected chi connectivity index (χ2v) is 5.94. The molecule has 130 valence electrons. The van der Waals surface area contributed by atoms with Crippen LogP contribution in [0.4, 0.5) is 24.7 Å². The molecule has 0 aliphatic heterocycles. The van der Waals surface area contributed by atoms with Gasteiger partial charge in [-0.1, -0.05) is 48.5 Å². The topological polar surface area (TPSA) is 50.9 Å². The van der Waals surface area contributed by atoms with Gasteiger partial charge in [-0.3, -0.25) is 0 Å². The zero-order chi connectivity index (χ0) is 18.3. The van der Waals surface area contributed by atoms with Crippen molar-refractivity contribution in [2.45, 2.75) is 6.54 Å². The molecule has 0 amide bonds. The van der Waals surface area contributed by atoms with Gasteiger partial charge in [0.25, 0.3) is 5.95 Å². The summed E-state index contributed by atoms with van der Waals surface area (Å²) in [6.45, 7) is 0.0958. The Kier molecular flexibility index (Phi) is 3.88. The van der Waals surface area contributed by atoms with Crippen molar-refractivity contribution in [2.24, 2.45) is 0 Å². The van der Waals surface area contributed by atoms with Gasteiger partial charge in [-0.15, -0.1) is 0 Å². The van der Waals surface area contributed by atoms with E-state index in [-0.39, 0.29) is 6.54 Å². The Labute approximate surface area is 147 Å². The van der Waals surface area contributed by atoms with Crippen molar-refractivity contribution in [1.29, 1.82) is 0 Å². The molecular formula is C20H14F3N3. The van der Waals surface area contributed by atoms with Crippen LogP contribution >= 0.6 is 0 Å². The van der Waals surface area contributed by atoms with Crippen LogP contribution in [0.3, 0.4) is 0 Å². The SMILES string of the molecule is Nc1nc(F)c(F)c(NCc2c3ccccc3cc3ccccc23)c1F. The maximum Gasteiger partial charge on any atom is 0.253 e. The van der Waals surface area contributed by atoms with Crippen LogP contribution in [0.2, 0.25) is 0 Å². The standard InChI is InChI=1S/C20H14F3N3/c21-16-18(17(22)20(24)26-19(16)23)25-10-15-13-7-3-1-5-11(13)9-12-6-2-4-8-14(12)15/h1-9H,10H2,(H3,24,25,26). The summed E-state index contributed by atoms with van der Waals surface area (Å²) >= 11 is 0. The van der Waals surface area contributed by atoms with Gasteiger partial charge in [0.15, 0.2) is 11.6 Å². The molecule has 3 nitrogen and oxygen atoms in total. The highest BCUT2D eigenvalue weighted by Gasteiger charge is 2.19. The zero-order valence-electron chi connectivity index (χ0n) is 13.6. The summed E-state index contributed by atoms with van der Waals surface area (Å²) in [6, 6.07) is 17.5. The smallest absolute Gasteiger partial charge is 0.253 e. The van der Waals surface area contributed by atoms with E-state index in [1.807, 2.05) is 48.5 Å². The number of anilines is 2. The third-order valence-corrected chi connectivity index (χ3v) is 4.39. The summed E-state index contributed by atoms with van der Waals surface area (Å²) in [5, 5.41) is 6.55. The van der Waals surface area contributed by atoms with Crippen molar-refractivity contribution < 1.29 is 13.2 Å². The van der Waals surface area contributed by atoms with Gasteiger partial charge in [-0.05, 0) is 33.2 Å². The first kappa shape index (κ1) is 16.2. The molecule has 0 aliphatic carbocycles. The largest absolute Gasteiger partial charge is 0.381 e. The lowest BCUT2D eigenvalue weighted by Gasteiger charge is -2.14. The molecular weight excluding hydrogens is 339 g/mol. The van der Waals surface area contributed by atoms with Crippen LogP contribution in [0.1, 0.15) is 5.56 Å². The van der Waals surface area contributed by atoms with Crippen LogP contribution in [-0.2, 0) is 6.54 Å². The molecule has 0 saturated carbocycles. The maximum atomic E-state index is 14.1. The molecule has 0 spiro atoms. The van der Waals surface area contributed by atoms with E-state index in [9.17, 15) is 13.2 Å². The van der Waals surface area contributed by atoms with E-state index in [1.165, 1.54) is 0 Å². The van der Waals surface area contributed by atoms with Gasteiger partial charge in [-0.2, -0.15) is 13.8 Å². The lowest BCUT2D eigenvalue weighted by molar-refractivity contribution is 0.470. The number of hydrogen-bond acceptors (Lipinski definition) is 3. The van der Waals surface area contributed by atoms with Crippen LogP contribution in [0.5, 0.6) is 0 Å². The number of rotatable bonds is 3. The first-order chi connectivity index (χ1) is 12.6. The highest BCUT2D eigenvalue weighted by molar-refractivity contribution is 6.02. The number of nitrogens with zero attached hydrogens (tertiary/aromatic N) is 1. The molecule has 0 bridgehead atoms. The fourth-order valence-corrected chi connectivity index (χ4v) is 3.16. The van der Waals surface area contributed by atoms with E-state index >= 15 is 0 Å². The average Bonchev–Trinajstić information content (AvgIpc) is 2.65. The minimum absolute atomic E-state index is 0.0958. The quantitative estimate of drug-likeness (QED) is 0.403. The fraction of sp³-hybridized carbons (Fsp3) is 0.0500. The van der Waals surface area contributed by atoms with Crippen molar-refractivity contribution in [2.75, 3.05) is 11.1 Å². The number of nitrogens with two attached hydrogens (primary N) is 1. The molecule has 4 rings (SSSR count). The van der Waals surface area contributed by atoms with Crippen LogP contribution in [0.15, 0.2) is 54.6 Å². The van der Waals surface area contributed by atoms with Gasteiger partial charge >= 0.3 is 0 Å². The summed E-state index contributed by atoms with van der Waals surface area (Å²) in [6.07, 6.45) is 0. The Balaban J connectivity index is 1.85. The van der Waals surface area contributed by atoms with Crippen LogP contribution in [0, 0.1) is 17.6 Å². The number of nitrogens with one attached hydrogen (secondary N) is 1. The van der Waals surface area contributed by atoms with E-state index in [0.717, 1.165) is 27.1 Å². The number of pyridine rings is 1. The normalized spacial score (nSPS) is 11.2. The molecule has 0 radical (unpaired) electrons. The lowest BCUT2D eigenvalue weighted by atomic mass is 9.96. The van der Waals surface area contributed by atoms with Crippen LogP contribution < -0.4 is 11.1 Å². The third-order valence-electron chi connectivity index (χ3n) is 4.39. The first-order valence-electron chi connectivity index (χ1n) is 7.99. The molecule has 4 aromatic rings. The van der Waals surface area contributed by atoms with Crippen molar-refractivity contribution >= 4 is 33.1 Å².